The lowest BCUT2D eigenvalue weighted by Crippen LogP contribution is -2.42. The fourth-order valence-electron chi connectivity index (χ4n) is 4.42. The van der Waals surface area contributed by atoms with Crippen LogP contribution in [-0.2, 0) is 14.8 Å². The highest BCUT2D eigenvalue weighted by atomic mass is 32.2. The average Bonchev–Trinajstić information content (AvgIpc) is 3.28. The molecule has 25 heavy (non-hydrogen) atoms. The molecular weight excluding hydrogens is 338 g/mol. The second-order valence-electron chi connectivity index (χ2n) is 7.56. The quantitative estimate of drug-likeness (QED) is 0.888. The first-order valence-corrected chi connectivity index (χ1v) is 10.9. The molecule has 1 saturated carbocycles. The maximum atomic E-state index is 12.6. The lowest BCUT2D eigenvalue weighted by molar-refractivity contribution is -0.0767. The lowest BCUT2D eigenvalue weighted by Gasteiger charge is -2.38. The van der Waals surface area contributed by atoms with Crippen LogP contribution in [0.5, 0.6) is 0 Å². The van der Waals surface area contributed by atoms with Crippen molar-refractivity contribution in [1.29, 1.82) is 0 Å². The largest absolute Gasteiger partial charge is 0.375 e. The Balaban J connectivity index is 1.42. The SMILES string of the molecule is O=S(=O)(c1ccc(NC2CCOC3(CCCC3)C2)nc1)N1CCCC1. The molecule has 6 nitrogen and oxygen atoms in total. The van der Waals surface area contributed by atoms with Crippen molar-refractivity contribution >= 4 is 15.8 Å². The highest BCUT2D eigenvalue weighted by molar-refractivity contribution is 7.89. The molecule has 1 aromatic heterocycles. The Hall–Kier alpha value is -1.18. The van der Waals surface area contributed by atoms with Gasteiger partial charge in [0.05, 0.1) is 5.60 Å². The van der Waals surface area contributed by atoms with E-state index in [2.05, 4.69) is 10.3 Å². The summed E-state index contributed by atoms with van der Waals surface area (Å²) in [7, 11) is -3.38. The van der Waals surface area contributed by atoms with Crippen LogP contribution in [0, 0.1) is 0 Å². The highest BCUT2D eigenvalue weighted by Crippen LogP contribution is 2.40. The van der Waals surface area contributed by atoms with Crippen molar-refractivity contribution < 1.29 is 13.2 Å². The minimum Gasteiger partial charge on any atom is -0.375 e. The predicted molar refractivity (Wildman–Crippen MR) is 96.0 cm³/mol. The van der Waals surface area contributed by atoms with Crippen molar-refractivity contribution in [3.8, 4) is 0 Å². The summed E-state index contributed by atoms with van der Waals surface area (Å²) in [5, 5.41) is 3.48. The van der Waals surface area contributed by atoms with Gasteiger partial charge in [-0.1, -0.05) is 12.8 Å². The third-order valence-corrected chi connectivity index (χ3v) is 7.68. The molecule has 4 rings (SSSR count). The van der Waals surface area contributed by atoms with Crippen molar-refractivity contribution in [3.05, 3.63) is 18.3 Å². The summed E-state index contributed by atoms with van der Waals surface area (Å²) in [6.45, 7) is 2.03. The zero-order chi connectivity index (χ0) is 17.3. The summed E-state index contributed by atoms with van der Waals surface area (Å²) >= 11 is 0. The van der Waals surface area contributed by atoms with Crippen LogP contribution in [0.15, 0.2) is 23.2 Å². The second-order valence-corrected chi connectivity index (χ2v) is 9.50. The summed E-state index contributed by atoms with van der Waals surface area (Å²) in [5.74, 6) is 0.750. The summed E-state index contributed by atoms with van der Waals surface area (Å²) in [5.41, 5.74) is 0.0644. The molecule has 1 unspecified atom stereocenters. The molecular formula is C18H27N3O3S. The number of sulfonamides is 1. The number of ether oxygens (including phenoxy) is 1. The van der Waals surface area contributed by atoms with Crippen LogP contribution in [0.25, 0.3) is 0 Å². The Morgan fingerprint density at radius 1 is 1.16 bits per heavy atom. The van der Waals surface area contributed by atoms with Gasteiger partial charge in [-0.15, -0.1) is 0 Å². The minimum atomic E-state index is -3.38. The van der Waals surface area contributed by atoms with Crippen molar-refractivity contribution in [2.24, 2.45) is 0 Å². The number of hydrogen-bond acceptors (Lipinski definition) is 5. The molecule has 1 spiro atoms. The van der Waals surface area contributed by atoms with E-state index in [1.54, 1.807) is 16.4 Å². The zero-order valence-corrected chi connectivity index (χ0v) is 15.4. The second kappa shape index (κ2) is 6.85. The van der Waals surface area contributed by atoms with Gasteiger partial charge in [-0.2, -0.15) is 4.31 Å². The van der Waals surface area contributed by atoms with Gasteiger partial charge in [0.25, 0.3) is 0 Å². The molecule has 0 radical (unpaired) electrons. The van der Waals surface area contributed by atoms with E-state index < -0.39 is 10.0 Å². The van der Waals surface area contributed by atoms with Crippen molar-refractivity contribution in [2.45, 2.75) is 67.9 Å². The molecule has 3 fully saturated rings. The molecule has 0 bridgehead atoms. The van der Waals surface area contributed by atoms with Crippen LogP contribution < -0.4 is 5.32 Å². The fourth-order valence-corrected chi connectivity index (χ4v) is 5.89. The number of nitrogens with zero attached hydrogens (tertiary/aromatic N) is 2. The smallest absolute Gasteiger partial charge is 0.244 e. The van der Waals surface area contributed by atoms with Crippen molar-refractivity contribution in [2.75, 3.05) is 25.0 Å². The summed E-state index contributed by atoms with van der Waals surface area (Å²) in [4.78, 5) is 4.66. The zero-order valence-electron chi connectivity index (χ0n) is 14.6. The normalized spacial score (nSPS) is 27.0. The number of hydrogen-bond donors (Lipinski definition) is 1. The highest BCUT2D eigenvalue weighted by Gasteiger charge is 2.40. The van der Waals surface area contributed by atoms with Gasteiger partial charge in [0.15, 0.2) is 0 Å². The van der Waals surface area contributed by atoms with Crippen LogP contribution in [0.2, 0.25) is 0 Å². The van der Waals surface area contributed by atoms with Crippen LogP contribution in [-0.4, -0.2) is 49.0 Å². The molecule has 1 atom stereocenters. The molecule has 0 amide bonds. The topological polar surface area (TPSA) is 71.5 Å². The first-order chi connectivity index (χ1) is 12.1. The predicted octanol–water partition coefficient (Wildman–Crippen LogP) is 2.77. The Bertz CT molecular complexity index is 693. The molecule has 138 valence electrons. The van der Waals surface area contributed by atoms with Gasteiger partial charge < -0.3 is 10.1 Å². The van der Waals surface area contributed by atoms with Crippen LogP contribution in [0.4, 0.5) is 5.82 Å². The average molecular weight is 365 g/mol. The molecule has 0 aromatic carbocycles. The third-order valence-electron chi connectivity index (χ3n) is 5.80. The molecule has 1 N–H and O–H groups in total. The van der Waals surface area contributed by atoms with Gasteiger partial charge >= 0.3 is 0 Å². The number of rotatable bonds is 4. The number of nitrogens with one attached hydrogen (secondary N) is 1. The molecule has 3 aliphatic rings. The monoisotopic (exact) mass is 365 g/mol. The van der Waals surface area contributed by atoms with Gasteiger partial charge in [-0.3, -0.25) is 0 Å². The van der Waals surface area contributed by atoms with Crippen molar-refractivity contribution in [3.63, 3.8) is 0 Å². The summed E-state index contributed by atoms with van der Waals surface area (Å²) in [6.07, 6.45) is 10.2. The maximum absolute atomic E-state index is 12.6. The van der Waals surface area contributed by atoms with E-state index in [-0.39, 0.29) is 5.60 Å². The first-order valence-electron chi connectivity index (χ1n) is 9.44. The van der Waals surface area contributed by atoms with Gasteiger partial charge in [-0.25, -0.2) is 13.4 Å². The molecule has 7 heteroatoms. The first kappa shape index (κ1) is 17.2. The van der Waals surface area contributed by atoms with Gasteiger partial charge in [0.2, 0.25) is 10.0 Å². The van der Waals surface area contributed by atoms with E-state index in [4.69, 9.17) is 4.74 Å². The van der Waals surface area contributed by atoms with E-state index in [1.165, 1.54) is 19.0 Å². The fraction of sp³-hybridized carbons (Fsp3) is 0.722. The number of aromatic nitrogens is 1. The van der Waals surface area contributed by atoms with E-state index in [0.29, 0.717) is 24.0 Å². The third kappa shape index (κ3) is 3.55. The molecule has 3 heterocycles. The van der Waals surface area contributed by atoms with Crippen LogP contribution in [0.1, 0.15) is 51.4 Å². The van der Waals surface area contributed by atoms with Gasteiger partial charge in [0, 0.05) is 31.9 Å². The minimum absolute atomic E-state index is 0.0644. The summed E-state index contributed by atoms with van der Waals surface area (Å²) in [6, 6.07) is 3.81. The van der Waals surface area contributed by atoms with E-state index >= 15 is 0 Å². The lowest BCUT2D eigenvalue weighted by atomic mass is 9.89. The number of pyridine rings is 1. The Labute approximate surface area is 150 Å². The van der Waals surface area contributed by atoms with Crippen LogP contribution in [0.3, 0.4) is 0 Å². The standard InChI is InChI=1S/C18H27N3O3S/c22-25(23,21-10-3-4-11-21)16-5-6-17(19-14-16)20-15-7-12-24-18(13-15)8-1-2-9-18/h5-6,14-15H,1-4,7-13H2,(H,19,20). The molecule has 1 aromatic rings. The van der Waals surface area contributed by atoms with E-state index in [0.717, 1.165) is 50.9 Å². The molecule has 2 aliphatic heterocycles. The number of anilines is 1. The van der Waals surface area contributed by atoms with E-state index in [1.807, 2.05) is 0 Å². The maximum Gasteiger partial charge on any atom is 0.244 e. The van der Waals surface area contributed by atoms with Gasteiger partial charge in [-0.05, 0) is 50.7 Å². The Kier molecular flexibility index (Phi) is 4.73. The van der Waals surface area contributed by atoms with Crippen molar-refractivity contribution in [1.82, 2.24) is 9.29 Å². The van der Waals surface area contributed by atoms with Crippen LogP contribution >= 0.6 is 0 Å². The molecule has 2 saturated heterocycles. The Morgan fingerprint density at radius 2 is 1.92 bits per heavy atom. The summed E-state index contributed by atoms with van der Waals surface area (Å²) < 4.78 is 32.7. The Morgan fingerprint density at radius 3 is 2.60 bits per heavy atom. The van der Waals surface area contributed by atoms with Gasteiger partial charge in [0.1, 0.15) is 10.7 Å². The molecule has 1 aliphatic carbocycles. The van der Waals surface area contributed by atoms with E-state index in [9.17, 15) is 8.42 Å².